The zero-order chi connectivity index (χ0) is 15.1. The van der Waals surface area contributed by atoms with Crippen LogP contribution in [0.1, 0.15) is 57.6 Å². The molecule has 1 saturated heterocycles. The van der Waals surface area contributed by atoms with Crippen molar-refractivity contribution in [3.05, 3.63) is 34.9 Å². The third-order valence-electron chi connectivity index (χ3n) is 4.63. The number of halogens is 1. The number of likely N-dealkylation sites (tertiary alicyclic amines) is 1. The standard InChI is InChI=1S/C18H29ClN2/c1-3-17-10-5-6-12-21(17)13-11-18(20-4-2)15-8-7-9-16(19)14-15/h7-9,14,17-18,20H,3-6,10-13H2,1-2H3. The average Bonchev–Trinajstić information content (AvgIpc) is 2.51. The highest BCUT2D eigenvalue weighted by Gasteiger charge is 2.21. The molecular formula is C18H29ClN2. The molecule has 0 aliphatic carbocycles. The van der Waals surface area contributed by atoms with Crippen LogP contribution in [0.25, 0.3) is 0 Å². The Labute approximate surface area is 134 Å². The lowest BCUT2D eigenvalue weighted by molar-refractivity contribution is 0.137. The highest BCUT2D eigenvalue weighted by atomic mass is 35.5. The van der Waals surface area contributed by atoms with Gasteiger partial charge in [0.15, 0.2) is 0 Å². The fourth-order valence-electron chi connectivity index (χ4n) is 3.47. The number of nitrogens with zero attached hydrogens (tertiary/aromatic N) is 1. The molecule has 0 amide bonds. The van der Waals surface area contributed by atoms with Crippen LogP contribution >= 0.6 is 11.6 Å². The summed E-state index contributed by atoms with van der Waals surface area (Å²) < 4.78 is 0. The first-order valence-corrected chi connectivity index (χ1v) is 8.85. The van der Waals surface area contributed by atoms with Crippen LogP contribution in [0.2, 0.25) is 5.02 Å². The van der Waals surface area contributed by atoms with E-state index in [0.29, 0.717) is 6.04 Å². The van der Waals surface area contributed by atoms with Crippen LogP contribution in [0, 0.1) is 0 Å². The lowest BCUT2D eigenvalue weighted by Gasteiger charge is -2.36. The van der Waals surface area contributed by atoms with Gasteiger partial charge in [0.2, 0.25) is 0 Å². The molecule has 2 nitrogen and oxygen atoms in total. The molecule has 2 atom stereocenters. The van der Waals surface area contributed by atoms with E-state index < -0.39 is 0 Å². The Morgan fingerprint density at radius 3 is 2.90 bits per heavy atom. The molecule has 0 bridgehead atoms. The summed E-state index contributed by atoms with van der Waals surface area (Å²) in [6.07, 6.45) is 6.58. The van der Waals surface area contributed by atoms with Crippen molar-refractivity contribution >= 4 is 11.6 Å². The third kappa shape index (κ3) is 4.98. The molecule has 0 spiro atoms. The SMILES string of the molecule is CCNC(CCN1CCCCC1CC)c1cccc(Cl)c1. The molecular weight excluding hydrogens is 280 g/mol. The lowest BCUT2D eigenvalue weighted by atomic mass is 9.98. The lowest BCUT2D eigenvalue weighted by Crippen LogP contribution is -2.40. The van der Waals surface area contributed by atoms with E-state index in [-0.39, 0.29) is 0 Å². The van der Waals surface area contributed by atoms with Gasteiger partial charge in [-0.15, -0.1) is 0 Å². The number of nitrogens with one attached hydrogen (secondary N) is 1. The van der Waals surface area contributed by atoms with Crippen LogP contribution in [0.3, 0.4) is 0 Å². The Morgan fingerprint density at radius 2 is 2.19 bits per heavy atom. The maximum Gasteiger partial charge on any atom is 0.0409 e. The molecule has 1 fully saturated rings. The molecule has 1 aromatic carbocycles. The summed E-state index contributed by atoms with van der Waals surface area (Å²) >= 11 is 6.15. The van der Waals surface area contributed by atoms with E-state index in [0.717, 1.165) is 24.0 Å². The number of benzene rings is 1. The molecule has 0 saturated carbocycles. The maximum atomic E-state index is 6.15. The van der Waals surface area contributed by atoms with Crippen molar-refractivity contribution in [2.75, 3.05) is 19.6 Å². The van der Waals surface area contributed by atoms with Crippen molar-refractivity contribution in [2.45, 2.75) is 58.0 Å². The van der Waals surface area contributed by atoms with Gasteiger partial charge in [0.05, 0.1) is 0 Å². The molecule has 2 unspecified atom stereocenters. The second kappa shape index (κ2) is 8.77. The van der Waals surface area contributed by atoms with Gasteiger partial charge in [-0.2, -0.15) is 0 Å². The zero-order valence-corrected chi connectivity index (χ0v) is 14.2. The van der Waals surface area contributed by atoms with Gasteiger partial charge in [-0.1, -0.05) is 44.0 Å². The highest BCUT2D eigenvalue weighted by Crippen LogP contribution is 2.24. The smallest absolute Gasteiger partial charge is 0.0409 e. The van der Waals surface area contributed by atoms with E-state index in [1.165, 1.54) is 44.3 Å². The third-order valence-corrected chi connectivity index (χ3v) is 4.86. The van der Waals surface area contributed by atoms with Crippen LogP contribution in [0.15, 0.2) is 24.3 Å². The fourth-order valence-corrected chi connectivity index (χ4v) is 3.67. The highest BCUT2D eigenvalue weighted by molar-refractivity contribution is 6.30. The van der Waals surface area contributed by atoms with Crippen molar-refractivity contribution in [1.82, 2.24) is 10.2 Å². The molecule has 1 aromatic rings. The fraction of sp³-hybridized carbons (Fsp3) is 0.667. The predicted octanol–water partition coefficient (Wildman–Crippen LogP) is 4.65. The van der Waals surface area contributed by atoms with Crippen molar-refractivity contribution in [2.24, 2.45) is 0 Å². The Kier molecular flexibility index (Phi) is 7.01. The van der Waals surface area contributed by atoms with Gasteiger partial charge in [-0.05, 0) is 56.5 Å². The van der Waals surface area contributed by atoms with Crippen molar-refractivity contribution in [3.8, 4) is 0 Å². The first-order chi connectivity index (χ1) is 10.2. The van der Waals surface area contributed by atoms with E-state index in [9.17, 15) is 0 Å². The Morgan fingerprint density at radius 1 is 1.33 bits per heavy atom. The van der Waals surface area contributed by atoms with Gasteiger partial charge in [0, 0.05) is 23.7 Å². The predicted molar refractivity (Wildman–Crippen MR) is 92.0 cm³/mol. The second-order valence-corrected chi connectivity index (χ2v) is 6.48. The van der Waals surface area contributed by atoms with Crippen LogP contribution < -0.4 is 5.32 Å². The molecule has 1 heterocycles. The second-order valence-electron chi connectivity index (χ2n) is 6.05. The average molecular weight is 309 g/mol. The minimum Gasteiger partial charge on any atom is -0.310 e. The minimum atomic E-state index is 0.410. The number of hydrogen-bond acceptors (Lipinski definition) is 2. The monoisotopic (exact) mass is 308 g/mol. The van der Waals surface area contributed by atoms with E-state index in [1.807, 2.05) is 6.07 Å². The molecule has 1 N–H and O–H groups in total. The molecule has 118 valence electrons. The summed E-state index contributed by atoms with van der Waals surface area (Å²) in [5.41, 5.74) is 1.31. The van der Waals surface area contributed by atoms with Gasteiger partial charge in [-0.25, -0.2) is 0 Å². The van der Waals surface area contributed by atoms with E-state index in [4.69, 9.17) is 11.6 Å². The first-order valence-electron chi connectivity index (χ1n) is 8.47. The van der Waals surface area contributed by atoms with Gasteiger partial charge in [0.25, 0.3) is 0 Å². The number of rotatable bonds is 7. The largest absolute Gasteiger partial charge is 0.310 e. The molecule has 0 radical (unpaired) electrons. The summed E-state index contributed by atoms with van der Waals surface area (Å²) in [6, 6.07) is 9.49. The Hall–Kier alpha value is -0.570. The van der Waals surface area contributed by atoms with E-state index >= 15 is 0 Å². The van der Waals surface area contributed by atoms with Gasteiger partial charge in [0.1, 0.15) is 0 Å². The Balaban J connectivity index is 1.96. The normalized spacial score (nSPS) is 21.4. The van der Waals surface area contributed by atoms with Crippen molar-refractivity contribution < 1.29 is 0 Å². The van der Waals surface area contributed by atoms with Crippen LogP contribution in [-0.4, -0.2) is 30.6 Å². The van der Waals surface area contributed by atoms with Crippen LogP contribution in [0.4, 0.5) is 0 Å². The minimum absolute atomic E-state index is 0.410. The summed E-state index contributed by atoms with van der Waals surface area (Å²) in [5, 5.41) is 4.45. The Bertz CT molecular complexity index is 421. The quantitative estimate of drug-likeness (QED) is 0.789. The number of piperidine rings is 1. The summed E-state index contributed by atoms with van der Waals surface area (Å²) in [6.45, 7) is 7.94. The topological polar surface area (TPSA) is 15.3 Å². The summed E-state index contributed by atoms with van der Waals surface area (Å²) in [7, 11) is 0. The molecule has 1 aliphatic rings. The van der Waals surface area contributed by atoms with Crippen molar-refractivity contribution in [1.29, 1.82) is 0 Å². The first kappa shape index (κ1) is 16.8. The van der Waals surface area contributed by atoms with Crippen LogP contribution in [0.5, 0.6) is 0 Å². The van der Waals surface area contributed by atoms with E-state index in [2.05, 4.69) is 42.3 Å². The van der Waals surface area contributed by atoms with Crippen LogP contribution in [-0.2, 0) is 0 Å². The van der Waals surface area contributed by atoms with Crippen molar-refractivity contribution in [3.63, 3.8) is 0 Å². The maximum absolute atomic E-state index is 6.15. The van der Waals surface area contributed by atoms with E-state index in [1.54, 1.807) is 0 Å². The molecule has 0 aromatic heterocycles. The molecule has 2 rings (SSSR count). The number of hydrogen-bond donors (Lipinski definition) is 1. The molecule has 3 heteroatoms. The van der Waals surface area contributed by atoms with Gasteiger partial charge in [-0.3, -0.25) is 0 Å². The summed E-state index contributed by atoms with van der Waals surface area (Å²) in [5.74, 6) is 0. The van der Waals surface area contributed by atoms with Gasteiger partial charge >= 0.3 is 0 Å². The molecule has 21 heavy (non-hydrogen) atoms. The molecule has 1 aliphatic heterocycles. The zero-order valence-electron chi connectivity index (χ0n) is 13.4. The summed E-state index contributed by atoms with van der Waals surface area (Å²) in [4.78, 5) is 2.69. The van der Waals surface area contributed by atoms with Gasteiger partial charge < -0.3 is 10.2 Å².